The van der Waals surface area contributed by atoms with Gasteiger partial charge in [0.15, 0.2) is 0 Å². The van der Waals surface area contributed by atoms with Gasteiger partial charge in [-0.15, -0.1) is 12.4 Å². The molecule has 1 fully saturated rings. The van der Waals surface area contributed by atoms with Crippen molar-refractivity contribution in [3.63, 3.8) is 0 Å². The quantitative estimate of drug-likeness (QED) is 0.876. The summed E-state index contributed by atoms with van der Waals surface area (Å²) in [5.74, 6) is -1.01. The molecule has 25 heavy (non-hydrogen) atoms. The van der Waals surface area contributed by atoms with Gasteiger partial charge in [0.1, 0.15) is 11.6 Å². The smallest absolute Gasteiger partial charge is 0.218 e. The van der Waals surface area contributed by atoms with Crippen LogP contribution >= 0.6 is 12.4 Å². The van der Waals surface area contributed by atoms with Crippen molar-refractivity contribution in [1.82, 2.24) is 9.62 Å². The Bertz CT molecular complexity index is 816. The number of nitrogens with zero attached hydrogens (tertiary/aromatic N) is 1. The van der Waals surface area contributed by atoms with Gasteiger partial charge in [0.05, 0.1) is 11.8 Å². The van der Waals surface area contributed by atoms with Gasteiger partial charge >= 0.3 is 0 Å². The third-order valence-electron chi connectivity index (χ3n) is 4.05. The van der Waals surface area contributed by atoms with Crippen LogP contribution in [0, 0.1) is 11.6 Å². The minimum Gasteiger partial charge on any atom is -0.313 e. The monoisotopic (exact) mass is 388 g/mol. The molecule has 0 radical (unpaired) electrons. The maximum atomic E-state index is 13.5. The van der Waals surface area contributed by atoms with E-state index in [0.717, 1.165) is 0 Å². The molecule has 1 atom stereocenters. The van der Waals surface area contributed by atoms with Gasteiger partial charge < -0.3 is 5.32 Å². The highest BCUT2D eigenvalue weighted by molar-refractivity contribution is 7.88. The summed E-state index contributed by atoms with van der Waals surface area (Å²) in [7, 11) is -3.61. The van der Waals surface area contributed by atoms with Crippen LogP contribution in [0.3, 0.4) is 0 Å². The Morgan fingerprint density at radius 3 is 2.48 bits per heavy atom. The molecule has 2 aromatic carbocycles. The molecule has 0 amide bonds. The average Bonchev–Trinajstić information content (AvgIpc) is 2.57. The highest BCUT2D eigenvalue weighted by atomic mass is 35.5. The lowest BCUT2D eigenvalue weighted by Crippen LogP contribution is -2.48. The average molecular weight is 389 g/mol. The van der Waals surface area contributed by atoms with Gasteiger partial charge in [0.2, 0.25) is 10.0 Å². The zero-order valence-corrected chi connectivity index (χ0v) is 15.0. The standard InChI is InChI=1S/C17H18F2N2O2S.ClH/c18-15-6-4-13(5-7-15)12-24(22,23)21-9-8-20-11-17(21)14-2-1-3-16(19)10-14;/h1-7,10,17,20H,8-9,11-12H2;1H. The van der Waals surface area contributed by atoms with Crippen molar-refractivity contribution < 1.29 is 17.2 Å². The Labute approximate surface area is 152 Å². The Morgan fingerprint density at radius 2 is 1.80 bits per heavy atom. The normalized spacial score (nSPS) is 18.6. The third kappa shape index (κ3) is 4.76. The molecule has 0 aliphatic carbocycles. The molecule has 4 nitrogen and oxygen atoms in total. The minimum atomic E-state index is -3.61. The number of sulfonamides is 1. The van der Waals surface area contributed by atoms with E-state index in [1.807, 2.05) is 0 Å². The topological polar surface area (TPSA) is 49.4 Å². The van der Waals surface area contributed by atoms with Crippen LogP contribution in [0.4, 0.5) is 8.78 Å². The fourth-order valence-corrected chi connectivity index (χ4v) is 4.62. The number of hydrogen-bond acceptors (Lipinski definition) is 3. The van der Waals surface area contributed by atoms with Crippen LogP contribution in [0.1, 0.15) is 17.2 Å². The molecule has 136 valence electrons. The van der Waals surface area contributed by atoms with Crippen LogP contribution in [0.15, 0.2) is 48.5 Å². The maximum Gasteiger partial charge on any atom is 0.218 e. The molecule has 1 heterocycles. The predicted octanol–water partition coefficient (Wildman–Crippen LogP) is 2.86. The molecule has 8 heteroatoms. The Kier molecular flexibility index (Phi) is 6.51. The van der Waals surface area contributed by atoms with Gasteiger partial charge in [0.25, 0.3) is 0 Å². The first-order valence-electron chi connectivity index (χ1n) is 7.66. The van der Waals surface area contributed by atoms with Gasteiger partial charge in [-0.3, -0.25) is 0 Å². The number of benzene rings is 2. The van der Waals surface area contributed by atoms with Crippen LogP contribution in [0.5, 0.6) is 0 Å². The van der Waals surface area contributed by atoms with E-state index in [4.69, 9.17) is 0 Å². The Morgan fingerprint density at radius 1 is 1.08 bits per heavy atom. The molecule has 1 N–H and O–H groups in total. The molecule has 2 aromatic rings. The van der Waals surface area contributed by atoms with E-state index < -0.39 is 27.7 Å². The van der Waals surface area contributed by atoms with Crippen molar-refractivity contribution in [2.45, 2.75) is 11.8 Å². The summed E-state index contributed by atoms with van der Waals surface area (Å²) in [6, 6.07) is 10.9. The molecule has 1 unspecified atom stereocenters. The summed E-state index contributed by atoms with van der Waals surface area (Å²) in [4.78, 5) is 0. The van der Waals surface area contributed by atoms with E-state index in [2.05, 4.69) is 5.32 Å². The summed E-state index contributed by atoms with van der Waals surface area (Å²) in [6.07, 6.45) is 0. The second-order valence-electron chi connectivity index (χ2n) is 5.77. The van der Waals surface area contributed by atoms with E-state index in [1.54, 1.807) is 12.1 Å². The number of hydrogen-bond donors (Lipinski definition) is 1. The van der Waals surface area contributed by atoms with E-state index >= 15 is 0 Å². The molecule has 1 aliphatic heterocycles. The van der Waals surface area contributed by atoms with Crippen LogP contribution in [0.25, 0.3) is 0 Å². The van der Waals surface area contributed by atoms with Crippen molar-refractivity contribution in [3.8, 4) is 0 Å². The number of nitrogens with one attached hydrogen (secondary N) is 1. The Balaban J connectivity index is 0.00000225. The van der Waals surface area contributed by atoms with Crippen molar-refractivity contribution >= 4 is 22.4 Å². The van der Waals surface area contributed by atoms with E-state index in [-0.39, 0.29) is 18.2 Å². The van der Waals surface area contributed by atoms with Crippen LogP contribution in [-0.2, 0) is 15.8 Å². The lowest BCUT2D eigenvalue weighted by Gasteiger charge is -2.35. The first-order chi connectivity index (χ1) is 11.5. The van der Waals surface area contributed by atoms with E-state index in [1.165, 1.54) is 40.7 Å². The molecule has 1 saturated heterocycles. The second-order valence-corrected chi connectivity index (χ2v) is 7.69. The molecule has 1 aliphatic rings. The maximum absolute atomic E-state index is 13.5. The fraction of sp³-hybridized carbons (Fsp3) is 0.294. The molecular formula is C17H19ClF2N2O2S. The van der Waals surface area contributed by atoms with Gasteiger partial charge in [-0.25, -0.2) is 17.2 Å². The molecule has 0 saturated carbocycles. The van der Waals surface area contributed by atoms with Gasteiger partial charge in [-0.1, -0.05) is 24.3 Å². The summed E-state index contributed by atoms with van der Waals surface area (Å²) in [5, 5.41) is 3.15. The lowest BCUT2D eigenvalue weighted by molar-refractivity contribution is 0.270. The summed E-state index contributed by atoms with van der Waals surface area (Å²) >= 11 is 0. The predicted molar refractivity (Wildman–Crippen MR) is 95.0 cm³/mol. The van der Waals surface area contributed by atoms with E-state index in [9.17, 15) is 17.2 Å². The fourth-order valence-electron chi connectivity index (χ4n) is 2.89. The molecule has 3 rings (SSSR count). The van der Waals surface area contributed by atoms with E-state index in [0.29, 0.717) is 30.8 Å². The summed E-state index contributed by atoms with van der Waals surface area (Å²) in [5.41, 5.74) is 1.14. The van der Waals surface area contributed by atoms with Gasteiger partial charge in [-0.05, 0) is 35.4 Å². The van der Waals surface area contributed by atoms with Crippen molar-refractivity contribution in [1.29, 1.82) is 0 Å². The van der Waals surface area contributed by atoms with Gasteiger partial charge in [0, 0.05) is 19.6 Å². The minimum absolute atomic E-state index is 0. The van der Waals surface area contributed by atoms with Crippen molar-refractivity contribution in [3.05, 3.63) is 71.3 Å². The Hall–Kier alpha value is -1.54. The summed E-state index contributed by atoms with van der Waals surface area (Å²) in [6.45, 7) is 1.27. The molecule has 0 aromatic heterocycles. The highest BCUT2D eigenvalue weighted by Gasteiger charge is 2.33. The summed E-state index contributed by atoms with van der Waals surface area (Å²) < 4.78 is 53.5. The van der Waals surface area contributed by atoms with Crippen LogP contribution < -0.4 is 5.32 Å². The van der Waals surface area contributed by atoms with Crippen molar-refractivity contribution in [2.75, 3.05) is 19.6 Å². The van der Waals surface area contributed by atoms with Gasteiger partial charge in [-0.2, -0.15) is 4.31 Å². The van der Waals surface area contributed by atoms with Crippen LogP contribution in [-0.4, -0.2) is 32.4 Å². The first-order valence-corrected chi connectivity index (χ1v) is 9.27. The number of halogens is 3. The van der Waals surface area contributed by atoms with Crippen LogP contribution in [0.2, 0.25) is 0 Å². The molecule has 0 spiro atoms. The zero-order chi connectivity index (χ0) is 17.2. The number of piperazine rings is 1. The number of rotatable bonds is 4. The lowest BCUT2D eigenvalue weighted by atomic mass is 10.1. The first kappa shape index (κ1) is 19.8. The largest absolute Gasteiger partial charge is 0.313 e. The van der Waals surface area contributed by atoms with Crippen molar-refractivity contribution in [2.24, 2.45) is 0 Å². The highest BCUT2D eigenvalue weighted by Crippen LogP contribution is 2.27. The second kappa shape index (κ2) is 8.23. The zero-order valence-electron chi connectivity index (χ0n) is 13.4. The molecular weight excluding hydrogens is 370 g/mol. The third-order valence-corrected chi connectivity index (χ3v) is 5.90. The SMILES string of the molecule is Cl.O=S(=O)(Cc1ccc(F)cc1)N1CCNCC1c1cccc(F)c1. The molecule has 0 bridgehead atoms.